The van der Waals surface area contributed by atoms with Crippen LogP contribution in [0.3, 0.4) is 0 Å². The Balaban J connectivity index is 1.84. The van der Waals surface area contributed by atoms with E-state index in [9.17, 15) is 4.79 Å². The van der Waals surface area contributed by atoms with Gasteiger partial charge in [-0.25, -0.2) is 4.98 Å². The summed E-state index contributed by atoms with van der Waals surface area (Å²) in [4.78, 5) is 31.7. The predicted molar refractivity (Wildman–Crippen MR) is 91.3 cm³/mol. The molecule has 0 unspecified atom stereocenters. The Labute approximate surface area is 135 Å². The van der Waals surface area contributed by atoms with Gasteiger partial charge in [0.2, 0.25) is 0 Å². The van der Waals surface area contributed by atoms with Crippen LogP contribution in [-0.4, -0.2) is 27.0 Å². The van der Waals surface area contributed by atoms with Gasteiger partial charge in [-0.2, -0.15) is 4.98 Å². The fraction of sp³-hybridized carbons (Fsp3) is 0.0625. The van der Waals surface area contributed by atoms with Crippen LogP contribution in [0.2, 0.25) is 0 Å². The van der Waals surface area contributed by atoms with Crippen molar-refractivity contribution in [2.75, 3.05) is 11.9 Å². The maximum Gasteiger partial charge on any atom is 0.282 e. The molecule has 4 rings (SSSR count). The van der Waals surface area contributed by atoms with Gasteiger partial charge in [0.1, 0.15) is 4.83 Å². The average Bonchev–Trinajstić information content (AvgIpc) is 2.60. The van der Waals surface area contributed by atoms with E-state index in [1.807, 2.05) is 30.1 Å². The van der Waals surface area contributed by atoms with Crippen molar-refractivity contribution in [2.24, 2.45) is 0 Å². The summed E-state index contributed by atoms with van der Waals surface area (Å²) in [5, 5.41) is 1.13. The Morgan fingerprint density at radius 2 is 1.83 bits per heavy atom. The number of fused-ring (bicyclic) bond motifs is 2. The number of nitrogens with zero attached hydrogens (tertiary/aromatic N) is 5. The lowest BCUT2D eigenvalue weighted by Gasteiger charge is -2.17. The third-order valence-electron chi connectivity index (χ3n) is 3.51. The van der Waals surface area contributed by atoms with Crippen LogP contribution in [0.5, 0.6) is 0 Å². The largest absolute Gasteiger partial charge is 0.321 e. The molecular weight excluding hydrogens is 310 g/mol. The summed E-state index contributed by atoms with van der Waals surface area (Å²) in [7, 11) is 1.87. The van der Waals surface area contributed by atoms with Gasteiger partial charge < -0.3 is 4.90 Å². The van der Waals surface area contributed by atoms with E-state index >= 15 is 0 Å². The van der Waals surface area contributed by atoms with E-state index in [0.717, 1.165) is 16.7 Å². The maximum atomic E-state index is 12.2. The Morgan fingerprint density at radius 3 is 2.70 bits per heavy atom. The van der Waals surface area contributed by atoms with Gasteiger partial charge in [-0.1, -0.05) is 11.3 Å². The van der Waals surface area contributed by atoms with E-state index < -0.39 is 0 Å². The lowest BCUT2D eigenvalue weighted by Crippen LogP contribution is -2.15. The van der Waals surface area contributed by atoms with Gasteiger partial charge in [0.05, 0.1) is 16.4 Å². The summed E-state index contributed by atoms with van der Waals surface area (Å²) >= 11 is 1.38. The van der Waals surface area contributed by atoms with Crippen molar-refractivity contribution in [3.63, 3.8) is 0 Å². The van der Waals surface area contributed by atoms with Gasteiger partial charge in [-0.3, -0.25) is 14.8 Å². The fourth-order valence-corrected chi connectivity index (χ4v) is 3.23. The first-order valence-electron chi connectivity index (χ1n) is 6.93. The van der Waals surface area contributed by atoms with Crippen molar-refractivity contribution in [3.05, 3.63) is 59.3 Å². The van der Waals surface area contributed by atoms with E-state index in [2.05, 4.69) is 19.9 Å². The van der Waals surface area contributed by atoms with Crippen molar-refractivity contribution in [2.45, 2.75) is 0 Å². The second-order valence-electron chi connectivity index (χ2n) is 4.95. The van der Waals surface area contributed by atoms with Crippen LogP contribution in [-0.2, 0) is 0 Å². The number of hydrogen-bond acceptors (Lipinski definition) is 7. The molecule has 0 fully saturated rings. The van der Waals surface area contributed by atoms with Crippen LogP contribution in [0.1, 0.15) is 0 Å². The molecule has 3 heterocycles. The van der Waals surface area contributed by atoms with E-state index in [0.29, 0.717) is 15.3 Å². The zero-order valence-corrected chi connectivity index (χ0v) is 13.0. The van der Waals surface area contributed by atoms with Crippen LogP contribution in [0.15, 0.2) is 53.7 Å². The molecule has 0 radical (unpaired) electrons. The van der Waals surface area contributed by atoms with Crippen LogP contribution < -0.4 is 10.5 Å². The summed E-state index contributed by atoms with van der Waals surface area (Å²) in [5.74, 6) is 0. The van der Waals surface area contributed by atoms with Crippen LogP contribution in [0.4, 0.5) is 10.8 Å². The van der Waals surface area contributed by atoms with Crippen molar-refractivity contribution >= 4 is 43.4 Å². The summed E-state index contributed by atoms with van der Waals surface area (Å²) in [6, 6.07) is 9.23. The molecular formula is C16H11N5OS. The summed E-state index contributed by atoms with van der Waals surface area (Å²) < 4.78 is 0. The molecule has 0 atom stereocenters. The predicted octanol–water partition coefficient (Wildman–Crippen LogP) is 2.76. The Bertz CT molecular complexity index is 1080. The lowest BCUT2D eigenvalue weighted by molar-refractivity contribution is 1.14. The Kier molecular flexibility index (Phi) is 3.20. The number of rotatable bonds is 2. The number of hydrogen-bond donors (Lipinski definition) is 0. The standard InChI is InChI=1S/C16H11N5OS/c1-21(10-4-5-12-13(9-10)18-8-7-17-12)16-20-14(22)11-3-2-6-19-15(11)23-16/h2-9H,1H3. The topological polar surface area (TPSA) is 71.9 Å². The lowest BCUT2D eigenvalue weighted by atomic mass is 10.2. The number of anilines is 2. The molecule has 23 heavy (non-hydrogen) atoms. The molecule has 0 aliphatic heterocycles. The van der Waals surface area contributed by atoms with E-state index in [-0.39, 0.29) is 5.56 Å². The normalized spacial score (nSPS) is 11.0. The minimum absolute atomic E-state index is 0.269. The molecule has 0 N–H and O–H groups in total. The zero-order chi connectivity index (χ0) is 15.8. The molecule has 0 saturated carbocycles. The number of pyridine rings is 1. The molecule has 0 spiro atoms. The van der Waals surface area contributed by atoms with E-state index in [1.54, 1.807) is 30.7 Å². The summed E-state index contributed by atoms with van der Waals surface area (Å²) in [5.41, 5.74) is 2.24. The monoisotopic (exact) mass is 321 g/mol. The molecule has 6 nitrogen and oxygen atoms in total. The third-order valence-corrected chi connectivity index (χ3v) is 4.58. The molecule has 0 aliphatic rings. The molecule has 3 aromatic heterocycles. The number of benzene rings is 1. The van der Waals surface area contributed by atoms with Crippen LogP contribution in [0.25, 0.3) is 21.3 Å². The SMILES string of the molecule is CN(c1ccc2nccnc2c1)c1nc(=O)c2cccnc2s1. The first-order chi connectivity index (χ1) is 11.2. The Morgan fingerprint density at radius 1 is 1.00 bits per heavy atom. The number of aromatic nitrogens is 4. The highest BCUT2D eigenvalue weighted by molar-refractivity contribution is 7.21. The van der Waals surface area contributed by atoms with Crippen LogP contribution in [0, 0.1) is 0 Å². The van der Waals surface area contributed by atoms with Gasteiger partial charge in [-0.15, -0.1) is 0 Å². The van der Waals surface area contributed by atoms with Gasteiger partial charge in [0.15, 0.2) is 5.13 Å². The van der Waals surface area contributed by atoms with Gasteiger partial charge in [-0.05, 0) is 30.3 Å². The van der Waals surface area contributed by atoms with Crippen molar-refractivity contribution in [1.82, 2.24) is 19.9 Å². The summed E-state index contributed by atoms with van der Waals surface area (Å²) in [6.07, 6.45) is 4.99. The van der Waals surface area contributed by atoms with Gasteiger partial charge >= 0.3 is 0 Å². The molecule has 0 saturated heterocycles. The fourth-order valence-electron chi connectivity index (χ4n) is 2.31. The van der Waals surface area contributed by atoms with Crippen molar-refractivity contribution < 1.29 is 0 Å². The van der Waals surface area contributed by atoms with E-state index in [1.165, 1.54) is 11.3 Å². The zero-order valence-electron chi connectivity index (χ0n) is 12.2. The Hall–Kier alpha value is -2.93. The smallest absolute Gasteiger partial charge is 0.282 e. The molecule has 7 heteroatoms. The average molecular weight is 321 g/mol. The molecule has 1 aromatic carbocycles. The second-order valence-corrected chi connectivity index (χ2v) is 5.90. The first kappa shape index (κ1) is 13.7. The minimum atomic E-state index is -0.269. The highest BCUT2D eigenvalue weighted by Crippen LogP contribution is 2.28. The molecule has 0 amide bonds. The minimum Gasteiger partial charge on any atom is -0.321 e. The van der Waals surface area contributed by atoms with Crippen molar-refractivity contribution in [1.29, 1.82) is 0 Å². The molecule has 112 valence electrons. The van der Waals surface area contributed by atoms with Crippen molar-refractivity contribution in [3.8, 4) is 0 Å². The highest BCUT2D eigenvalue weighted by Gasteiger charge is 2.11. The quantitative estimate of drug-likeness (QED) is 0.565. The van der Waals surface area contributed by atoms with E-state index in [4.69, 9.17) is 0 Å². The second kappa shape index (κ2) is 5.36. The molecule has 4 aromatic rings. The van der Waals surface area contributed by atoms with Gasteiger partial charge in [0.25, 0.3) is 5.56 Å². The first-order valence-corrected chi connectivity index (χ1v) is 7.74. The van der Waals surface area contributed by atoms with Gasteiger partial charge in [0, 0.05) is 31.3 Å². The third kappa shape index (κ3) is 2.40. The summed E-state index contributed by atoms with van der Waals surface area (Å²) in [6.45, 7) is 0. The molecule has 0 bridgehead atoms. The van der Waals surface area contributed by atoms with Crippen LogP contribution >= 0.6 is 11.3 Å². The highest BCUT2D eigenvalue weighted by atomic mass is 32.1. The molecule has 0 aliphatic carbocycles. The maximum absolute atomic E-state index is 12.2.